The highest BCUT2D eigenvalue weighted by atomic mass is 16.5. The molecule has 3 aliphatic heterocycles. The fourth-order valence-corrected chi connectivity index (χ4v) is 4.74. The van der Waals surface area contributed by atoms with Crippen molar-refractivity contribution in [2.75, 3.05) is 49.8 Å². The standard InChI is InChI=1S/C25H31N5O3/c1-17(2)12-19-16-30-24(27-19)23-22(13-20(14-26-23)28-8-10-33-11-9-28)29(25(30)31)15-18-4-6-21(32-3)7-5-18/h4-7,13-14,17,19H,8-12,15-16H2,1-3H3. The van der Waals surface area contributed by atoms with E-state index in [2.05, 4.69) is 24.8 Å². The smallest absolute Gasteiger partial charge is 0.330 e. The van der Waals surface area contributed by atoms with Crippen molar-refractivity contribution in [3.8, 4) is 5.75 Å². The predicted molar refractivity (Wildman–Crippen MR) is 128 cm³/mol. The van der Waals surface area contributed by atoms with E-state index in [-0.39, 0.29) is 12.1 Å². The Hall–Kier alpha value is -3.13. The van der Waals surface area contributed by atoms with Gasteiger partial charge in [0, 0.05) is 13.1 Å². The van der Waals surface area contributed by atoms with Gasteiger partial charge in [-0.2, -0.15) is 0 Å². The average molecular weight is 450 g/mol. The van der Waals surface area contributed by atoms with Crippen LogP contribution < -0.4 is 14.5 Å². The van der Waals surface area contributed by atoms with Crippen LogP contribution in [0.25, 0.3) is 0 Å². The van der Waals surface area contributed by atoms with Crippen molar-refractivity contribution in [2.45, 2.75) is 32.9 Å². The first kappa shape index (κ1) is 21.7. The number of amidine groups is 1. The second kappa shape index (κ2) is 9.02. The number of urea groups is 1. The van der Waals surface area contributed by atoms with Crippen molar-refractivity contribution in [1.82, 2.24) is 9.88 Å². The fraction of sp³-hybridized carbons (Fsp3) is 0.480. The van der Waals surface area contributed by atoms with Gasteiger partial charge in [0.2, 0.25) is 0 Å². The maximum absolute atomic E-state index is 13.7. The summed E-state index contributed by atoms with van der Waals surface area (Å²) in [5.41, 5.74) is 3.65. The molecule has 4 heterocycles. The molecule has 0 bridgehead atoms. The van der Waals surface area contributed by atoms with Gasteiger partial charge in [-0.1, -0.05) is 26.0 Å². The molecular weight excluding hydrogens is 418 g/mol. The van der Waals surface area contributed by atoms with Crippen LogP contribution in [0.1, 0.15) is 31.5 Å². The number of methoxy groups -OCH3 is 1. The molecule has 1 unspecified atom stereocenters. The first-order chi connectivity index (χ1) is 16.0. The van der Waals surface area contributed by atoms with Crippen LogP contribution in [0.5, 0.6) is 5.75 Å². The van der Waals surface area contributed by atoms with Crippen molar-refractivity contribution in [2.24, 2.45) is 10.9 Å². The monoisotopic (exact) mass is 449 g/mol. The quantitative estimate of drug-likeness (QED) is 0.675. The molecule has 1 fully saturated rings. The minimum Gasteiger partial charge on any atom is -0.497 e. The largest absolute Gasteiger partial charge is 0.497 e. The summed E-state index contributed by atoms with van der Waals surface area (Å²) in [4.78, 5) is 29.4. The predicted octanol–water partition coefficient (Wildman–Crippen LogP) is 3.54. The Kier molecular flexibility index (Phi) is 5.93. The lowest BCUT2D eigenvalue weighted by Gasteiger charge is -2.36. The highest BCUT2D eigenvalue weighted by Gasteiger charge is 2.41. The van der Waals surface area contributed by atoms with E-state index in [0.717, 1.165) is 47.9 Å². The van der Waals surface area contributed by atoms with Gasteiger partial charge in [-0.05, 0) is 36.1 Å². The lowest BCUT2D eigenvalue weighted by atomic mass is 10.0. The van der Waals surface area contributed by atoms with Crippen molar-refractivity contribution in [3.63, 3.8) is 0 Å². The molecular formula is C25H31N5O3. The van der Waals surface area contributed by atoms with E-state index in [0.29, 0.717) is 38.1 Å². The third-order valence-corrected chi connectivity index (χ3v) is 6.39. The molecule has 0 spiro atoms. The van der Waals surface area contributed by atoms with E-state index in [9.17, 15) is 4.79 Å². The van der Waals surface area contributed by atoms with Gasteiger partial charge in [0.25, 0.3) is 0 Å². The molecule has 5 rings (SSSR count). The molecule has 1 aromatic heterocycles. The van der Waals surface area contributed by atoms with Crippen LogP contribution in [0.4, 0.5) is 16.2 Å². The average Bonchev–Trinajstić information content (AvgIpc) is 3.26. The second-order valence-electron chi connectivity index (χ2n) is 9.22. The number of pyridine rings is 1. The number of fused-ring (bicyclic) bond motifs is 3. The number of aromatic nitrogens is 1. The van der Waals surface area contributed by atoms with Crippen LogP contribution in [0.3, 0.4) is 0 Å². The number of hydrogen-bond acceptors (Lipinski definition) is 6. The molecule has 2 aromatic rings. The van der Waals surface area contributed by atoms with E-state index in [1.165, 1.54) is 0 Å². The van der Waals surface area contributed by atoms with Gasteiger partial charge >= 0.3 is 6.03 Å². The third-order valence-electron chi connectivity index (χ3n) is 6.39. The number of benzene rings is 1. The molecule has 0 aliphatic carbocycles. The van der Waals surface area contributed by atoms with Crippen LogP contribution in [0.2, 0.25) is 0 Å². The summed E-state index contributed by atoms with van der Waals surface area (Å²) >= 11 is 0. The summed E-state index contributed by atoms with van der Waals surface area (Å²) in [5, 5.41) is 0. The van der Waals surface area contributed by atoms with Crippen molar-refractivity contribution in [3.05, 3.63) is 47.8 Å². The molecule has 1 atom stereocenters. The van der Waals surface area contributed by atoms with E-state index in [1.807, 2.05) is 35.4 Å². The molecule has 0 N–H and O–H groups in total. The maximum atomic E-state index is 13.7. The Labute approximate surface area is 194 Å². The molecule has 33 heavy (non-hydrogen) atoms. The first-order valence-corrected chi connectivity index (χ1v) is 11.7. The number of nitrogens with zero attached hydrogens (tertiary/aromatic N) is 5. The van der Waals surface area contributed by atoms with Crippen molar-refractivity contribution >= 4 is 23.2 Å². The number of hydrogen-bond donors (Lipinski definition) is 0. The second-order valence-corrected chi connectivity index (χ2v) is 9.22. The van der Waals surface area contributed by atoms with Gasteiger partial charge in [0.05, 0.1) is 57.0 Å². The molecule has 0 radical (unpaired) electrons. The van der Waals surface area contributed by atoms with E-state index < -0.39 is 0 Å². The van der Waals surface area contributed by atoms with Crippen LogP contribution in [-0.2, 0) is 11.3 Å². The zero-order chi connectivity index (χ0) is 22.9. The Morgan fingerprint density at radius 1 is 1.18 bits per heavy atom. The SMILES string of the molecule is COc1ccc(CN2C(=O)N3CC(CC(C)C)N=C3c3ncc(N4CCOCC4)cc32)cc1. The summed E-state index contributed by atoms with van der Waals surface area (Å²) in [6.07, 6.45) is 2.86. The van der Waals surface area contributed by atoms with Gasteiger partial charge in [-0.3, -0.25) is 14.8 Å². The molecule has 3 aliphatic rings. The van der Waals surface area contributed by atoms with Crippen LogP contribution >= 0.6 is 0 Å². The van der Waals surface area contributed by atoms with Crippen molar-refractivity contribution in [1.29, 1.82) is 0 Å². The van der Waals surface area contributed by atoms with Crippen LogP contribution in [0.15, 0.2) is 41.5 Å². The number of amides is 2. The number of aliphatic imine (C=N–C) groups is 1. The molecule has 1 aromatic carbocycles. The van der Waals surface area contributed by atoms with Crippen LogP contribution in [-0.4, -0.2) is 67.8 Å². The Balaban J connectivity index is 1.52. The van der Waals surface area contributed by atoms with Gasteiger partial charge in [-0.25, -0.2) is 9.78 Å². The Morgan fingerprint density at radius 3 is 2.64 bits per heavy atom. The highest BCUT2D eigenvalue weighted by Crippen LogP contribution is 2.35. The zero-order valence-corrected chi connectivity index (χ0v) is 19.5. The minimum absolute atomic E-state index is 0.0377. The fourth-order valence-electron chi connectivity index (χ4n) is 4.74. The normalized spacial score (nSPS) is 20.1. The van der Waals surface area contributed by atoms with E-state index >= 15 is 0 Å². The molecule has 1 saturated heterocycles. The molecule has 8 heteroatoms. The molecule has 174 valence electrons. The topological polar surface area (TPSA) is 70.5 Å². The minimum atomic E-state index is -0.0377. The molecule has 0 saturated carbocycles. The van der Waals surface area contributed by atoms with Crippen molar-refractivity contribution < 1.29 is 14.3 Å². The summed E-state index contributed by atoms with van der Waals surface area (Å²) in [7, 11) is 1.65. The molecule has 8 nitrogen and oxygen atoms in total. The number of carbonyl (C=O) groups excluding carboxylic acids is 1. The highest BCUT2D eigenvalue weighted by molar-refractivity contribution is 6.19. The summed E-state index contributed by atoms with van der Waals surface area (Å²) in [6.45, 7) is 8.48. The lowest BCUT2D eigenvalue weighted by molar-refractivity contribution is 0.122. The van der Waals surface area contributed by atoms with E-state index in [4.69, 9.17) is 19.5 Å². The maximum Gasteiger partial charge on any atom is 0.330 e. The number of morpholine rings is 1. The van der Waals surface area contributed by atoms with E-state index in [1.54, 1.807) is 12.0 Å². The summed E-state index contributed by atoms with van der Waals surface area (Å²) in [5.74, 6) is 2.02. The van der Waals surface area contributed by atoms with Gasteiger partial charge in [0.15, 0.2) is 5.84 Å². The third kappa shape index (κ3) is 4.27. The van der Waals surface area contributed by atoms with Crippen LogP contribution in [0, 0.1) is 5.92 Å². The van der Waals surface area contributed by atoms with Gasteiger partial charge < -0.3 is 14.4 Å². The number of ether oxygens (including phenoxy) is 2. The zero-order valence-electron chi connectivity index (χ0n) is 19.5. The number of anilines is 2. The summed E-state index contributed by atoms with van der Waals surface area (Å²) in [6, 6.07) is 10.0. The Morgan fingerprint density at radius 2 is 1.94 bits per heavy atom. The van der Waals surface area contributed by atoms with Gasteiger partial charge in [-0.15, -0.1) is 0 Å². The number of carbonyl (C=O) groups is 1. The summed E-state index contributed by atoms with van der Waals surface area (Å²) < 4.78 is 10.8. The number of rotatable bonds is 6. The lowest BCUT2D eigenvalue weighted by Crippen LogP contribution is -2.50. The first-order valence-electron chi connectivity index (χ1n) is 11.7. The Bertz CT molecular complexity index is 1050. The van der Waals surface area contributed by atoms with Gasteiger partial charge in [0.1, 0.15) is 11.4 Å². The molecule has 2 amide bonds.